The second-order valence-electron chi connectivity index (χ2n) is 4.97. The highest BCUT2D eigenvalue weighted by Crippen LogP contribution is 2.27. The van der Waals surface area contributed by atoms with Crippen LogP contribution in [-0.4, -0.2) is 24.5 Å². The van der Waals surface area contributed by atoms with Crippen molar-refractivity contribution in [2.24, 2.45) is 0 Å². The molecular weight excluding hydrogens is 326 g/mol. The van der Waals surface area contributed by atoms with E-state index in [1.165, 1.54) is 25.3 Å². The summed E-state index contributed by atoms with van der Waals surface area (Å²) in [5.74, 6) is 0.301. The number of carbonyl (C=O) groups excluding carboxylic acids is 1. The fraction of sp³-hybridized carbons (Fsp3) is 0.176. The Morgan fingerprint density at radius 1 is 1.28 bits per heavy atom. The Bertz CT molecular complexity index is 829. The van der Waals surface area contributed by atoms with Gasteiger partial charge in [-0.05, 0) is 17.7 Å². The van der Waals surface area contributed by atoms with Gasteiger partial charge in [-0.1, -0.05) is 12.1 Å². The molecule has 0 spiro atoms. The molecule has 2 aromatic carbocycles. The summed E-state index contributed by atoms with van der Waals surface area (Å²) in [7, 11) is 1.44. The summed E-state index contributed by atoms with van der Waals surface area (Å²) in [5, 5.41) is 22.2. The molecule has 25 heavy (non-hydrogen) atoms. The molecule has 0 aromatic heterocycles. The number of rotatable bonds is 7. The third-order valence-electron chi connectivity index (χ3n) is 3.26. The predicted molar refractivity (Wildman–Crippen MR) is 88.1 cm³/mol. The number of ether oxygens (including phenoxy) is 2. The number of hydrogen-bond donors (Lipinski definition) is 1. The van der Waals surface area contributed by atoms with Gasteiger partial charge in [-0.3, -0.25) is 14.9 Å². The molecule has 0 fully saturated rings. The van der Waals surface area contributed by atoms with E-state index in [2.05, 4.69) is 5.32 Å². The lowest BCUT2D eigenvalue weighted by atomic mass is 10.2. The zero-order valence-corrected chi connectivity index (χ0v) is 13.4. The quantitative estimate of drug-likeness (QED) is 0.610. The molecule has 0 saturated carbocycles. The second-order valence-corrected chi connectivity index (χ2v) is 4.97. The Morgan fingerprint density at radius 2 is 2.08 bits per heavy atom. The Morgan fingerprint density at radius 3 is 2.76 bits per heavy atom. The number of nitro groups is 1. The first-order valence-electron chi connectivity index (χ1n) is 7.24. The molecule has 0 aliphatic rings. The lowest BCUT2D eigenvalue weighted by molar-refractivity contribution is -0.384. The van der Waals surface area contributed by atoms with E-state index in [4.69, 9.17) is 14.7 Å². The minimum Gasteiger partial charge on any atom is -0.493 e. The Hall–Kier alpha value is -3.60. The van der Waals surface area contributed by atoms with Crippen molar-refractivity contribution < 1.29 is 19.2 Å². The molecule has 0 unspecified atom stereocenters. The minimum absolute atomic E-state index is 0.0367. The largest absolute Gasteiger partial charge is 0.493 e. The van der Waals surface area contributed by atoms with Crippen LogP contribution in [0.25, 0.3) is 0 Å². The van der Waals surface area contributed by atoms with Gasteiger partial charge in [0.25, 0.3) is 11.6 Å². The van der Waals surface area contributed by atoms with E-state index in [0.717, 1.165) is 0 Å². The molecule has 8 nitrogen and oxygen atoms in total. The van der Waals surface area contributed by atoms with Crippen molar-refractivity contribution >= 4 is 11.6 Å². The van der Waals surface area contributed by atoms with Crippen LogP contribution in [0.1, 0.15) is 11.1 Å². The lowest BCUT2D eigenvalue weighted by Crippen LogP contribution is -2.28. The van der Waals surface area contributed by atoms with Crippen molar-refractivity contribution in [1.29, 1.82) is 5.26 Å². The number of nitrogens with one attached hydrogen (secondary N) is 1. The van der Waals surface area contributed by atoms with Crippen molar-refractivity contribution in [2.75, 3.05) is 13.7 Å². The number of hydrogen-bond acceptors (Lipinski definition) is 6. The average Bonchev–Trinajstić information content (AvgIpc) is 2.64. The number of benzene rings is 2. The van der Waals surface area contributed by atoms with Gasteiger partial charge in [0.05, 0.1) is 23.7 Å². The van der Waals surface area contributed by atoms with Gasteiger partial charge in [0.2, 0.25) is 0 Å². The van der Waals surface area contributed by atoms with Crippen molar-refractivity contribution in [3.05, 3.63) is 63.7 Å². The molecule has 0 saturated heterocycles. The van der Waals surface area contributed by atoms with Crippen LogP contribution < -0.4 is 14.8 Å². The zero-order valence-electron chi connectivity index (χ0n) is 13.4. The van der Waals surface area contributed by atoms with E-state index in [9.17, 15) is 14.9 Å². The van der Waals surface area contributed by atoms with Crippen molar-refractivity contribution in [2.45, 2.75) is 6.54 Å². The van der Waals surface area contributed by atoms with Gasteiger partial charge in [0.15, 0.2) is 18.1 Å². The molecule has 2 aromatic rings. The average molecular weight is 341 g/mol. The maximum Gasteiger partial charge on any atom is 0.269 e. The molecule has 8 heteroatoms. The van der Waals surface area contributed by atoms with Crippen LogP contribution in [0, 0.1) is 21.4 Å². The number of amides is 1. The highest BCUT2D eigenvalue weighted by atomic mass is 16.6. The smallest absolute Gasteiger partial charge is 0.269 e. The van der Waals surface area contributed by atoms with Crippen LogP contribution >= 0.6 is 0 Å². The van der Waals surface area contributed by atoms with E-state index >= 15 is 0 Å². The summed E-state index contributed by atoms with van der Waals surface area (Å²) < 4.78 is 10.5. The number of nitrogens with zero attached hydrogens (tertiary/aromatic N) is 2. The first-order valence-corrected chi connectivity index (χ1v) is 7.24. The number of carbonyl (C=O) groups is 1. The van der Waals surface area contributed by atoms with Crippen LogP contribution in [0.5, 0.6) is 11.5 Å². The number of nitro benzene ring substituents is 1. The van der Waals surface area contributed by atoms with Crippen LogP contribution in [0.3, 0.4) is 0 Å². The molecule has 128 valence electrons. The highest BCUT2D eigenvalue weighted by molar-refractivity contribution is 5.77. The third-order valence-corrected chi connectivity index (χ3v) is 3.26. The molecule has 0 atom stereocenters. The second kappa shape index (κ2) is 8.31. The van der Waals surface area contributed by atoms with Crippen LogP contribution in [0.4, 0.5) is 5.69 Å². The number of non-ortho nitro benzene ring substituents is 1. The normalized spacial score (nSPS) is 9.76. The SMILES string of the molecule is COc1cc(C#N)ccc1OCC(=O)NCc1cccc([N+](=O)[O-])c1. The Kier molecular flexibility index (Phi) is 5.90. The van der Waals surface area contributed by atoms with Gasteiger partial charge in [-0.2, -0.15) is 5.26 Å². The summed E-state index contributed by atoms with van der Waals surface area (Å²) >= 11 is 0. The fourth-order valence-corrected chi connectivity index (χ4v) is 2.03. The highest BCUT2D eigenvalue weighted by Gasteiger charge is 2.10. The van der Waals surface area contributed by atoms with E-state index < -0.39 is 10.8 Å². The maximum atomic E-state index is 11.9. The van der Waals surface area contributed by atoms with E-state index in [1.54, 1.807) is 24.3 Å². The molecule has 1 N–H and O–H groups in total. The van der Waals surface area contributed by atoms with Gasteiger partial charge < -0.3 is 14.8 Å². The Balaban J connectivity index is 1.90. The van der Waals surface area contributed by atoms with Crippen molar-refractivity contribution in [3.63, 3.8) is 0 Å². The predicted octanol–water partition coefficient (Wildman–Crippen LogP) is 2.17. The lowest BCUT2D eigenvalue weighted by Gasteiger charge is -2.11. The van der Waals surface area contributed by atoms with Crippen LogP contribution in [-0.2, 0) is 11.3 Å². The molecule has 2 rings (SSSR count). The fourth-order valence-electron chi connectivity index (χ4n) is 2.03. The van der Waals surface area contributed by atoms with E-state index in [0.29, 0.717) is 22.6 Å². The number of nitriles is 1. The van der Waals surface area contributed by atoms with Gasteiger partial charge >= 0.3 is 0 Å². The number of methoxy groups -OCH3 is 1. The molecule has 0 aliphatic heterocycles. The summed E-state index contributed by atoms with van der Waals surface area (Å²) in [6, 6.07) is 12.6. The summed E-state index contributed by atoms with van der Waals surface area (Å²) in [4.78, 5) is 22.1. The topological polar surface area (TPSA) is 114 Å². The molecule has 0 radical (unpaired) electrons. The van der Waals surface area contributed by atoms with Gasteiger partial charge in [-0.25, -0.2) is 0 Å². The summed E-state index contributed by atoms with van der Waals surface area (Å²) in [6.07, 6.45) is 0. The zero-order chi connectivity index (χ0) is 18.2. The summed E-state index contributed by atoms with van der Waals surface area (Å²) in [5.41, 5.74) is 0.989. The molecule has 0 heterocycles. The minimum atomic E-state index is -0.494. The third kappa shape index (κ3) is 4.94. The van der Waals surface area contributed by atoms with Gasteiger partial charge in [0, 0.05) is 24.7 Å². The molecular formula is C17H15N3O5. The van der Waals surface area contributed by atoms with E-state index in [-0.39, 0.29) is 18.8 Å². The Labute approximate surface area is 143 Å². The standard InChI is InChI=1S/C17H15N3O5/c1-24-16-8-12(9-18)5-6-15(16)25-11-17(21)19-10-13-3-2-4-14(7-13)20(22)23/h2-8H,10-11H2,1H3,(H,19,21). The van der Waals surface area contributed by atoms with Crippen LogP contribution in [0.15, 0.2) is 42.5 Å². The summed E-state index contributed by atoms with van der Waals surface area (Å²) in [6.45, 7) is -0.106. The molecule has 0 aliphatic carbocycles. The maximum absolute atomic E-state index is 11.9. The van der Waals surface area contributed by atoms with Gasteiger partial charge in [0.1, 0.15) is 0 Å². The first kappa shape index (κ1) is 17.7. The molecule has 1 amide bonds. The van der Waals surface area contributed by atoms with Crippen molar-refractivity contribution in [3.8, 4) is 17.6 Å². The van der Waals surface area contributed by atoms with Crippen molar-refractivity contribution in [1.82, 2.24) is 5.32 Å². The first-order chi connectivity index (χ1) is 12.0. The molecule has 0 bridgehead atoms. The van der Waals surface area contributed by atoms with Gasteiger partial charge in [-0.15, -0.1) is 0 Å². The monoisotopic (exact) mass is 341 g/mol. The van der Waals surface area contributed by atoms with Crippen LogP contribution in [0.2, 0.25) is 0 Å². The van der Waals surface area contributed by atoms with E-state index in [1.807, 2.05) is 6.07 Å².